The number of nitrogens with zero attached hydrogens (tertiary/aromatic N) is 3. The van der Waals surface area contributed by atoms with Crippen LogP contribution in [-0.4, -0.2) is 59.4 Å². The molecule has 0 aromatic carbocycles. The van der Waals surface area contributed by atoms with E-state index >= 15 is 0 Å². The summed E-state index contributed by atoms with van der Waals surface area (Å²) in [5.41, 5.74) is -0.0457. The highest BCUT2D eigenvalue weighted by Gasteiger charge is 2.23. The number of rotatable bonds is 2. The highest BCUT2D eigenvalue weighted by Crippen LogP contribution is 2.27. The van der Waals surface area contributed by atoms with Crippen LogP contribution in [0, 0.1) is 0 Å². The lowest BCUT2D eigenvalue weighted by Gasteiger charge is -2.32. The summed E-state index contributed by atoms with van der Waals surface area (Å²) in [6.45, 7) is 3.46. The number of likely N-dealkylation sites (N-methyl/N-ethyl adjacent to an activating group) is 1. The number of aromatic amines is 1. The Labute approximate surface area is 97.8 Å². The van der Waals surface area contributed by atoms with E-state index in [1.54, 1.807) is 0 Å². The summed E-state index contributed by atoms with van der Waals surface area (Å²) < 4.78 is 0. The van der Waals surface area contributed by atoms with E-state index in [1.807, 2.05) is 11.9 Å². The Morgan fingerprint density at radius 3 is 2.56 bits per heavy atom. The summed E-state index contributed by atoms with van der Waals surface area (Å²) >= 11 is 5.96. The third-order valence-electron chi connectivity index (χ3n) is 2.71. The highest BCUT2D eigenvalue weighted by atomic mass is 35.5. The van der Waals surface area contributed by atoms with E-state index < -0.39 is 5.97 Å². The van der Waals surface area contributed by atoms with Gasteiger partial charge in [0.1, 0.15) is 5.02 Å². The molecule has 2 N–H and O–H groups in total. The number of H-pyrrole nitrogens is 1. The largest absolute Gasteiger partial charge is 0.476 e. The van der Waals surface area contributed by atoms with Crippen LogP contribution in [0.3, 0.4) is 0 Å². The monoisotopic (exact) mass is 244 g/mol. The molecule has 88 valence electrons. The van der Waals surface area contributed by atoms with Gasteiger partial charge in [-0.15, -0.1) is 0 Å². The molecule has 2 rings (SSSR count). The molecule has 0 amide bonds. The molecule has 0 spiro atoms. The standard InChI is InChI=1S/C9H13ClN4O2/c1-13-2-4-14(5-3-13)8-6(10)7(9(15)16)11-12-8/h2-5H2,1H3,(H,11,12)(H,15,16). The number of carbonyl (C=O) groups is 1. The minimum atomic E-state index is -1.09. The van der Waals surface area contributed by atoms with E-state index in [1.165, 1.54) is 0 Å². The van der Waals surface area contributed by atoms with Gasteiger partial charge in [-0.25, -0.2) is 4.79 Å². The zero-order valence-corrected chi connectivity index (χ0v) is 9.66. The second-order valence-corrected chi connectivity index (χ2v) is 4.21. The Morgan fingerprint density at radius 1 is 1.44 bits per heavy atom. The summed E-state index contributed by atoms with van der Waals surface area (Å²) in [5.74, 6) is -0.551. The smallest absolute Gasteiger partial charge is 0.355 e. The molecule has 0 bridgehead atoms. The van der Waals surface area contributed by atoms with Crippen molar-refractivity contribution < 1.29 is 9.90 Å². The number of halogens is 1. The topological polar surface area (TPSA) is 72.5 Å². The number of carboxylic acid groups (broad SMARTS) is 1. The molecule has 16 heavy (non-hydrogen) atoms. The molecule has 1 aliphatic heterocycles. The van der Waals surface area contributed by atoms with Crippen LogP contribution in [-0.2, 0) is 0 Å². The number of nitrogens with one attached hydrogen (secondary N) is 1. The van der Waals surface area contributed by atoms with Crippen LogP contribution >= 0.6 is 11.6 Å². The van der Waals surface area contributed by atoms with Crippen molar-refractivity contribution in [2.24, 2.45) is 0 Å². The molecule has 1 aromatic heterocycles. The summed E-state index contributed by atoms with van der Waals surface area (Å²) in [6, 6.07) is 0. The molecular formula is C9H13ClN4O2. The zero-order chi connectivity index (χ0) is 11.7. The minimum absolute atomic E-state index is 0.0457. The quantitative estimate of drug-likeness (QED) is 0.793. The predicted octanol–water partition coefficient (Wildman–Crippen LogP) is 0.513. The average molecular weight is 245 g/mol. The van der Waals surface area contributed by atoms with Crippen LogP contribution in [0.4, 0.5) is 5.82 Å². The van der Waals surface area contributed by atoms with Gasteiger partial charge in [0.05, 0.1) is 0 Å². The number of aromatic nitrogens is 2. The molecule has 0 saturated carbocycles. The molecule has 7 heteroatoms. The summed E-state index contributed by atoms with van der Waals surface area (Å²) in [6.07, 6.45) is 0. The Balaban J connectivity index is 2.18. The number of hydrogen-bond donors (Lipinski definition) is 2. The molecular weight excluding hydrogens is 232 g/mol. The van der Waals surface area contributed by atoms with Crippen LogP contribution in [0.2, 0.25) is 5.02 Å². The number of hydrogen-bond acceptors (Lipinski definition) is 4. The fourth-order valence-corrected chi connectivity index (χ4v) is 1.97. The van der Waals surface area contributed by atoms with Crippen molar-refractivity contribution in [3.05, 3.63) is 10.7 Å². The fraction of sp³-hybridized carbons (Fsp3) is 0.556. The molecule has 1 saturated heterocycles. The van der Waals surface area contributed by atoms with Crippen molar-refractivity contribution in [2.45, 2.75) is 0 Å². The van der Waals surface area contributed by atoms with E-state index in [2.05, 4.69) is 15.1 Å². The van der Waals surface area contributed by atoms with Crippen molar-refractivity contribution >= 4 is 23.4 Å². The average Bonchev–Trinajstić information content (AvgIpc) is 2.61. The van der Waals surface area contributed by atoms with Crippen molar-refractivity contribution in [1.82, 2.24) is 15.1 Å². The van der Waals surface area contributed by atoms with Gasteiger partial charge in [0.2, 0.25) is 0 Å². The van der Waals surface area contributed by atoms with Gasteiger partial charge in [0.25, 0.3) is 0 Å². The van der Waals surface area contributed by atoms with Gasteiger partial charge in [-0.05, 0) is 7.05 Å². The number of piperazine rings is 1. The van der Waals surface area contributed by atoms with Crippen molar-refractivity contribution in [2.75, 3.05) is 38.1 Å². The van der Waals surface area contributed by atoms with Crippen molar-refractivity contribution in [3.63, 3.8) is 0 Å². The van der Waals surface area contributed by atoms with E-state index in [4.69, 9.17) is 16.7 Å². The number of carboxylic acids is 1. The fourth-order valence-electron chi connectivity index (χ4n) is 1.69. The summed E-state index contributed by atoms with van der Waals surface area (Å²) in [7, 11) is 2.05. The van der Waals surface area contributed by atoms with Gasteiger partial charge in [-0.2, -0.15) is 5.10 Å². The molecule has 1 fully saturated rings. The minimum Gasteiger partial charge on any atom is -0.476 e. The Hall–Kier alpha value is -1.27. The maximum atomic E-state index is 10.8. The summed E-state index contributed by atoms with van der Waals surface area (Å²) in [4.78, 5) is 15.0. The van der Waals surface area contributed by atoms with E-state index in [0.29, 0.717) is 5.82 Å². The van der Waals surface area contributed by atoms with E-state index in [9.17, 15) is 4.79 Å². The van der Waals surface area contributed by atoms with Crippen LogP contribution in [0.5, 0.6) is 0 Å². The van der Waals surface area contributed by atoms with Crippen LogP contribution in [0.1, 0.15) is 10.5 Å². The van der Waals surface area contributed by atoms with Crippen LogP contribution < -0.4 is 4.90 Å². The molecule has 0 aliphatic carbocycles. The first kappa shape index (κ1) is 11.2. The van der Waals surface area contributed by atoms with Gasteiger partial charge in [-0.3, -0.25) is 5.10 Å². The predicted molar refractivity (Wildman–Crippen MR) is 60.3 cm³/mol. The molecule has 1 aromatic rings. The van der Waals surface area contributed by atoms with Gasteiger partial charge in [0.15, 0.2) is 11.5 Å². The molecule has 2 heterocycles. The summed E-state index contributed by atoms with van der Waals surface area (Å²) in [5, 5.41) is 15.4. The molecule has 0 unspecified atom stereocenters. The maximum Gasteiger partial charge on any atom is 0.355 e. The Morgan fingerprint density at radius 2 is 2.06 bits per heavy atom. The molecule has 6 nitrogen and oxygen atoms in total. The molecule has 0 atom stereocenters. The van der Waals surface area contributed by atoms with E-state index in [-0.39, 0.29) is 10.7 Å². The van der Waals surface area contributed by atoms with Crippen LogP contribution in [0.15, 0.2) is 0 Å². The third kappa shape index (κ3) is 1.98. The maximum absolute atomic E-state index is 10.8. The molecule has 1 aliphatic rings. The van der Waals surface area contributed by atoms with Crippen molar-refractivity contribution in [1.29, 1.82) is 0 Å². The van der Waals surface area contributed by atoms with Gasteiger partial charge in [0, 0.05) is 26.2 Å². The first-order chi connectivity index (χ1) is 7.59. The third-order valence-corrected chi connectivity index (χ3v) is 3.06. The van der Waals surface area contributed by atoms with Gasteiger partial charge < -0.3 is 14.9 Å². The normalized spacial score (nSPS) is 17.8. The highest BCUT2D eigenvalue weighted by molar-refractivity contribution is 6.35. The van der Waals surface area contributed by atoms with E-state index in [0.717, 1.165) is 26.2 Å². The second-order valence-electron chi connectivity index (χ2n) is 3.83. The zero-order valence-electron chi connectivity index (χ0n) is 8.90. The first-order valence-electron chi connectivity index (χ1n) is 5.00. The Bertz CT molecular complexity index is 398. The van der Waals surface area contributed by atoms with Gasteiger partial charge in [-0.1, -0.05) is 11.6 Å². The number of anilines is 1. The Kier molecular flexibility index (Phi) is 3.02. The van der Waals surface area contributed by atoms with Crippen LogP contribution in [0.25, 0.3) is 0 Å². The lowest BCUT2D eigenvalue weighted by Crippen LogP contribution is -2.44. The lowest BCUT2D eigenvalue weighted by atomic mass is 10.3. The lowest BCUT2D eigenvalue weighted by molar-refractivity contribution is 0.0690. The SMILES string of the molecule is CN1CCN(c2n[nH]c(C(=O)O)c2Cl)CC1. The second kappa shape index (κ2) is 4.31. The first-order valence-corrected chi connectivity index (χ1v) is 5.38. The van der Waals surface area contributed by atoms with Gasteiger partial charge >= 0.3 is 5.97 Å². The van der Waals surface area contributed by atoms with Crippen molar-refractivity contribution in [3.8, 4) is 0 Å². The molecule has 0 radical (unpaired) electrons. The number of aromatic carboxylic acids is 1.